The Kier molecular flexibility index (Phi) is 7.74. The summed E-state index contributed by atoms with van der Waals surface area (Å²) in [4.78, 5) is 58.9. The van der Waals surface area contributed by atoms with Crippen molar-refractivity contribution in [2.45, 2.75) is 77.3 Å². The van der Waals surface area contributed by atoms with Gasteiger partial charge in [-0.3, -0.25) is 19.3 Å². The molecular formula is C39H46N8O3. The van der Waals surface area contributed by atoms with E-state index in [1.807, 2.05) is 36.1 Å². The standard InChI is InChI=1S/C39H46N8O3/c1-23-6-8-26(17-29(23)36(49)40-5)43-35-34-32(41-22-42-34)20-31(44-35)25-7-9-30-33(16-25)47(28-18-27(19-28)46-13-10-38(3,4)21-46)37(50)39(30)11-14-45(15-12-39)24(2)48/h6-9,16-17,20,22,27-28H,10-15,18-19,21H2,1-5H3,(H,40,49)(H,41,42)(H,43,44). The van der Waals surface area contributed by atoms with Crippen molar-refractivity contribution < 1.29 is 14.4 Å². The number of pyridine rings is 1. The monoisotopic (exact) mass is 674 g/mol. The maximum atomic E-state index is 14.7. The van der Waals surface area contributed by atoms with Gasteiger partial charge in [0.1, 0.15) is 5.52 Å². The van der Waals surface area contributed by atoms with E-state index in [2.05, 4.69) is 62.4 Å². The van der Waals surface area contributed by atoms with Crippen LogP contribution in [0.1, 0.15) is 74.4 Å². The molecule has 8 rings (SSSR count). The van der Waals surface area contributed by atoms with Crippen LogP contribution in [0.15, 0.2) is 48.8 Å². The zero-order valence-electron chi connectivity index (χ0n) is 29.6. The number of carbonyl (C=O) groups is 3. The fourth-order valence-electron chi connectivity index (χ4n) is 8.73. The molecule has 3 amide bonds. The third-order valence-corrected chi connectivity index (χ3v) is 11.8. The van der Waals surface area contributed by atoms with Gasteiger partial charge < -0.3 is 25.4 Å². The first kappa shape index (κ1) is 32.4. The zero-order valence-corrected chi connectivity index (χ0v) is 29.6. The quantitative estimate of drug-likeness (QED) is 0.246. The largest absolute Gasteiger partial charge is 0.355 e. The highest BCUT2D eigenvalue weighted by molar-refractivity contribution is 6.09. The van der Waals surface area contributed by atoms with Crippen LogP contribution in [0, 0.1) is 12.3 Å². The van der Waals surface area contributed by atoms with E-state index < -0.39 is 5.41 Å². The van der Waals surface area contributed by atoms with E-state index in [1.165, 1.54) is 6.42 Å². The van der Waals surface area contributed by atoms with Gasteiger partial charge in [0.2, 0.25) is 11.8 Å². The van der Waals surface area contributed by atoms with E-state index in [0.717, 1.165) is 65.2 Å². The van der Waals surface area contributed by atoms with E-state index >= 15 is 0 Å². The predicted molar refractivity (Wildman–Crippen MR) is 195 cm³/mol. The summed E-state index contributed by atoms with van der Waals surface area (Å²) in [5, 5.41) is 6.13. The van der Waals surface area contributed by atoms with Crippen LogP contribution in [0.3, 0.4) is 0 Å². The van der Waals surface area contributed by atoms with Crippen molar-refractivity contribution in [3.63, 3.8) is 0 Å². The van der Waals surface area contributed by atoms with Crippen LogP contribution < -0.4 is 15.5 Å². The molecule has 3 aliphatic heterocycles. The minimum atomic E-state index is -0.623. The summed E-state index contributed by atoms with van der Waals surface area (Å²) in [6.45, 7) is 11.6. The molecule has 4 aromatic rings. The number of likely N-dealkylation sites (tertiary alicyclic amines) is 2. The molecule has 260 valence electrons. The fourth-order valence-corrected chi connectivity index (χ4v) is 8.73. The number of aromatic amines is 1. The first-order chi connectivity index (χ1) is 24.0. The Morgan fingerprint density at radius 3 is 2.46 bits per heavy atom. The lowest BCUT2D eigenvalue weighted by molar-refractivity contribution is -0.134. The minimum Gasteiger partial charge on any atom is -0.355 e. The number of rotatable bonds is 6. The molecule has 1 spiro atoms. The molecule has 11 nitrogen and oxygen atoms in total. The molecule has 0 unspecified atom stereocenters. The first-order valence-corrected chi connectivity index (χ1v) is 17.9. The molecule has 0 atom stereocenters. The smallest absolute Gasteiger partial charge is 0.251 e. The van der Waals surface area contributed by atoms with E-state index in [-0.39, 0.29) is 23.8 Å². The number of benzene rings is 2. The highest BCUT2D eigenvalue weighted by atomic mass is 16.2. The normalized spacial score (nSPS) is 22.5. The molecule has 0 bridgehead atoms. The van der Waals surface area contributed by atoms with E-state index in [1.54, 1.807) is 20.3 Å². The second kappa shape index (κ2) is 11.9. The molecule has 5 heterocycles. The Morgan fingerprint density at radius 1 is 0.980 bits per heavy atom. The number of imidazole rings is 1. The SMILES string of the molecule is CNC(=O)c1cc(Nc2nc(-c3ccc4c(c3)N(C3CC(N5CCC(C)(C)C5)C3)C(=O)C43CCN(C(C)=O)CC3)cc3[nH]cnc23)ccc1C. The summed E-state index contributed by atoms with van der Waals surface area (Å²) in [5.74, 6) is 0.668. The number of nitrogens with zero attached hydrogens (tertiary/aromatic N) is 5. The number of hydrogen-bond acceptors (Lipinski definition) is 7. The molecule has 2 saturated heterocycles. The molecule has 11 heteroatoms. The van der Waals surface area contributed by atoms with Crippen LogP contribution in [0.2, 0.25) is 0 Å². The van der Waals surface area contributed by atoms with Gasteiger partial charge in [-0.15, -0.1) is 0 Å². The maximum absolute atomic E-state index is 14.7. The van der Waals surface area contributed by atoms with Crippen molar-refractivity contribution in [3.05, 3.63) is 65.5 Å². The molecular weight excluding hydrogens is 628 g/mol. The van der Waals surface area contributed by atoms with E-state index in [9.17, 15) is 14.4 Å². The minimum absolute atomic E-state index is 0.0632. The van der Waals surface area contributed by atoms with Gasteiger partial charge in [-0.1, -0.05) is 32.0 Å². The number of carbonyl (C=O) groups excluding carboxylic acids is 3. The van der Waals surface area contributed by atoms with Gasteiger partial charge in [-0.05, 0) is 86.4 Å². The summed E-state index contributed by atoms with van der Waals surface area (Å²) in [7, 11) is 1.62. The molecule has 1 aliphatic carbocycles. The van der Waals surface area contributed by atoms with Gasteiger partial charge in [-0.2, -0.15) is 0 Å². The highest BCUT2D eigenvalue weighted by Crippen LogP contribution is 2.52. The molecule has 1 saturated carbocycles. The lowest BCUT2D eigenvalue weighted by atomic mass is 9.73. The number of aromatic nitrogens is 3. The van der Waals surface area contributed by atoms with E-state index in [4.69, 9.17) is 4.98 Å². The van der Waals surface area contributed by atoms with Crippen molar-refractivity contribution in [1.29, 1.82) is 0 Å². The van der Waals surface area contributed by atoms with Crippen molar-refractivity contribution in [3.8, 4) is 11.3 Å². The lowest BCUT2D eigenvalue weighted by Gasteiger charge is -2.46. The van der Waals surface area contributed by atoms with Crippen molar-refractivity contribution in [2.24, 2.45) is 5.41 Å². The number of nitrogens with one attached hydrogen (secondary N) is 3. The molecule has 3 fully saturated rings. The molecule has 0 radical (unpaired) electrons. The number of H-pyrrole nitrogens is 1. The average molecular weight is 675 g/mol. The molecule has 4 aliphatic rings. The lowest BCUT2D eigenvalue weighted by Crippen LogP contribution is -2.57. The highest BCUT2D eigenvalue weighted by Gasteiger charge is 2.56. The summed E-state index contributed by atoms with van der Waals surface area (Å²) < 4.78 is 0. The molecule has 3 N–H and O–H groups in total. The van der Waals surface area contributed by atoms with Crippen molar-refractivity contribution in [2.75, 3.05) is 43.4 Å². The molecule has 50 heavy (non-hydrogen) atoms. The Bertz CT molecular complexity index is 2020. The predicted octanol–water partition coefficient (Wildman–Crippen LogP) is 5.53. The summed E-state index contributed by atoms with van der Waals surface area (Å²) >= 11 is 0. The van der Waals surface area contributed by atoms with Crippen LogP contribution in [0.25, 0.3) is 22.3 Å². The number of piperidine rings is 1. The molecule has 2 aromatic heterocycles. The number of fused-ring (bicyclic) bond motifs is 3. The number of anilines is 3. The van der Waals surface area contributed by atoms with Crippen LogP contribution >= 0.6 is 0 Å². The van der Waals surface area contributed by atoms with Gasteiger partial charge >= 0.3 is 0 Å². The Morgan fingerprint density at radius 2 is 1.76 bits per heavy atom. The van der Waals surface area contributed by atoms with Gasteiger partial charge in [0.25, 0.3) is 5.91 Å². The second-order valence-electron chi connectivity index (χ2n) is 15.5. The van der Waals surface area contributed by atoms with Crippen molar-refractivity contribution in [1.82, 2.24) is 30.1 Å². The number of amides is 3. The molecule has 2 aromatic carbocycles. The second-order valence-corrected chi connectivity index (χ2v) is 15.5. The first-order valence-electron chi connectivity index (χ1n) is 17.9. The van der Waals surface area contributed by atoms with Gasteiger partial charge in [0.15, 0.2) is 5.82 Å². The van der Waals surface area contributed by atoms with Crippen LogP contribution in [-0.2, 0) is 15.0 Å². The summed E-state index contributed by atoms with van der Waals surface area (Å²) in [6.07, 6.45) is 6.07. The van der Waals surface area contributed by atoms with Crippen LogP contribution in [-0.4, -0.2) is 87.8 Å². The third-order valence-electron chi connectivity index (χ3n) is 11.8. The zero-order chi connectivity index (χ0) is 34.9. The van der Waals surface area contributed by atoms with Crippen molar-refractivity contribution >= 4 is 45.9 Å². The summed E-state index contributed by atoms with van der Waals surface area (Å²) in [6, 6.07) is 14.7. The third kappa shape index (κ3) is 5.33. The maximum Gasteiger partial charge on any atom is 0.251 e. The summed E-state index contributed by atoms with van der Waals surface area (Å²) in [5.41, 5.74) is 7.14. The average Bonchev–Trinajstić information content (AvgIpc) is 3.76. The Balaban J connectivity index is 1.15. The Labute approximate surface area is 292 Å². The Hall–Kier alpha value is -4.77. The fraction of sp³-hybridized carbons (Fsp3) is 0.462. The number of aryl methyl sites for hydroxylation is 1. The van der Waals surface area contributed by atoms with Crippen LogP contribution in [0.4, 0.5) is 17.2 Å². The number of hydrogen-bond donors (Lipinski definition) is 3. The topological polar surface area (TPSA) is 127 Å². The van der Waals surface area contributed by atoms with E-state index in [0.29, 0.717) is 54.3 Å². The van der Waals surface area contributed by atoms with Gasteiger partial charge in [0, 0.05) is 68.2 Å². The van der Waals surface area contributed by atoms with Gasteiger partial charge in [-0.25, -0.2) is 9.97 Å². The van der Waals surface area contributed by atoms with Crippen LogP contribution in [0.5, 0.6) is 0 Å². The van der Waals surface area contributed by atoms with Gasteiger partial charge in [0.05, 0.1) is 23.0 Å².